The van der Waals surface area contributed by atoms with Crippen LogP contribution in [-0.4, -0.2) is 72.7 Å². The van der Waals surface area contributed by atoms with Crippen LogP contribution in [0.2, 0.25) is 0 Å². The van der Waals surface area contributed by atoms with Gasteiger partial charge < -0.3 is 19.9 Å². The SMILES string of the molecule is O=C1CCC(N2Cc3c(cccc3N(CCCC(F)(F)F)C3CCC(NC4COC4)CC3)C2=O)C(=O)N1. The maximum Gasteiger partial charge on any atom is 0.389 e. The molecule has 1 aromatic carbocycles. The summed E-state index contributed by atoms with van der Waals surface area (Å²) < 4.78 is 44.3. The van der Waals surface area contributed by atoms with Gasteiger partial charge >= 0.3 is 6.18 Å². The predicted molar refractivity (Wildman–Crippen MR) is 129 cm³/mol. The Morgan fingerprint density at radius 2 is 1.81 bits per heavy atom. The molecule has 1 saturated carbocycles. The number of halogens is 3. The predicted octanol–water partition coefficient (Wildman–Crippen LogP) is 2.90. The van der Waals surface area contributed by atoms with Gasteiger partial charge in [0.15, 0.2) is 0 Å². The molecule has 2 N–H and O–H groups in total. The summed E-state index contributed by atoms with van der Waals surface area (Å²) in [6, 6.07) is 5.43. The van der Waals surface area contributed by atoms with Crippen LogP contribution in [0.25, 0.3) is 0 Å². The van der Waals surface area contributed by atoms with Gasteiger partial charge in [-0.2, -0.15) is 13.2 Å². The Labute approximate surface area is 213 Å². The minimum atomic E-state index is -4.23. The number of fused-ring (bicyclic) bond motifs is 1. The molecule has 3 aliphatic heterocycles. The monoisotopic (exact) mass is 522 g/mol. The fourth-order valence-electron chi connectivity index (χ4n) is 6.01. The lowest BCUT2D eigenvalue weighted by molar-refractivity contribution is -0.137. The van der Waals surface area contributed by atoms with E-state index in [-0.39, 0.29) is 50.2 Å². The minimum absolute atomic E-state index is 0.0322. The number of rotatable bonds is 8. The Kier molecular flexibility index (Phi) is 7.44. The smallest absolute Gasteiger partial charge is 0.378 e. The van der Waals surface area contributed by atoms with Crippen molar-refractivity contribution in [3.8, 4) is 0 Å². The van der Waals surface area contributed by atoms with E-state index in [1.807, 2.05) is 6.07 Å². The topological polar surface area (TPSA) is 91.0 Å². The first kappa shape index (κ1) is 26.0. The van der Waals surface area contributed by atoms with Gasteiger partial charge in [-0.25, -0.2) is 0 Å². The largest absolute Gasteiger partial charge is 0.389 e. The van der Waals surface area contributed by atoms with Gasteiger partial charge in [-0.3, -0.25) is 19.7 Å². The number of carbonyl (C=O) groups is 3. The van der Waals surface area contributed by atoms with Crippen molar-refractivity contribution in [3.05, 3.63) is 29.3 Å². The first-order chi connectivity index (χ1) is 17.7. The van der Waals surface area contributed by atoms with E-state index < -0.39 is 24.5 Å². The Balaban J connectivity index is 1.35. The first-order valence-electron chi connectivity index (χ1n) is 13.1. The van der Waals surface area contributed by atoms with E-state index in [9.17, 15) is 27.6 Å². The highest BCUT2D eigenvalue weighted by molar-refractivity contribution is 6.06. The van der Waals surface area contributed by atoms with Crippen LogP contribution >= 0.6 is 0 Å². The standard InChI is InChI=1S/C26H33F3N4O4/c27-26(28,29)11-2-12-32(18-7-5-16(6-8-18)30-17-14-37-15-17)21-4-1-3-19-20(21)13-33(25(19)36)22-9-10-23(34)31-24(22)35/h1,3-4,16-18,22,30H,2,5-15H2,(H,31,34,35). The highest BCUT2D eigenvalue weighted by Crippen LogP contribution is 2.37. The van der Waals surface area contributed by atoms with E-state index >= 15 is 0 Å². The number of nitrogens with one attached hydrogen (secondary N) is 2. The van der Waals surface area contributed by atoms with Crippen molar-refractivity contribution in [3.63, 3.8) is 0 Å². The Bertz CT molecular complexity index is 1040. The van der Waals surface area contributed by atoms with Crippen molar-refractivity contribution in [1.29, 1.82) is 0 Å². The fraction of sp³-hybridized carbons (Fsp3) is 0.654. The molecule has 5 rings (SSSR count). The number of hydrogen-bond acceptors (Lipinski definition) is 6. The summed E-state index contributed by atoms with van der Waals surface area (Å²) in [7, 11) is 0. The molecule has 0 spiro atoms. The number of hydrogen-bond donors (Lipinski definition) is 2. The average Bonchev–Trinajstić information content (AvgIpc) is 3.16. The summed E-state index contributed by atoms with van der Waals surface area (Å²) in [5.74, 6) is -1.11. The molecule has 0 aromatic heterocycles. The van der Waals surface area contributed by atoms with E-state index in [1.54, 1.807) is 12.1 Å². The third-order valence-corrected chi connectivity index (χ3v) is 7.97. The number of imide groups is 1. The molecule has 3 heterocycles. The molecule has 3 fully saturated rings. The number of alkyl halides is 3. The van der Waals surface area contributed by atoms with Gasteiger partial charge in [0.1, 0.15) is 6.04 Å². The highest BCUT2D eigenvalue weighted by Gasteiger charge is 2.41. The van der Waals surface area contributed by atoms with Crippen molar-refractivity contribution < 1.29 is 32.3 Å². The molecule has 0 radical (unpaired) electrons. The second-order valence-corrected chi connectivity index (χ2v) is 10.5. The molecule has 0 bridgehead atoms. The van der Waals surface area contributed by atoms with Gasteiger partial charge in [0.25, 0.3) is 5.91 Å². The van der Waals surface area contributed by atoms with Gasteiger partial charge in [-0.05, 0) is 50.7 Å². The molecule has 1 atom stereocenters. The molecule has 1 aromatic rings. The van der Waals surface area contributed by atoms with Crippen LogP contribution in [0.1, 0.15) is 67.3 Å². The van der Waals surface area contributed by atoms with Crippen LogP contribution in [0.5, 0.6) is 0 Å². The van der Waals surface area contributed by atoms with Crippen LogP contribution in [0, 0.1) is 0 Å². The lowest BCUT2D eigenvalue weighted by atomic mass is 9.88. The molecular weight excluding hydrogens is 489 g/mol. The zero-order valence-corrected chi connectivity index (χ0v) is 20.7. The molecule has 11 heteroatoms. The normalized spacial score (nSPS) is 26.6. The van der Waals surface area contributed by atoms with E-state index in [4.69, 9.17) is 4.74 Å². The third-order valence-electron chi connectivity index (χ3n) is 7.97. The van der Waals surface area contributed by atoms with Crippen molar-refractivity contribution in [2.24, 2.45) is 0 Å². The quantitative estimate of drug-likeness (QED) is 0.511. The lowest BCUT2D eigenvalue weighted by Crippen LogP contribution is -2.52. The molecule has 2 saturated heterocycles. The molecule has 4 aliphatic rings. The molecule has 1 aliphatic carbocycles. The number of anilines is 1. The zero-order chi connectivity index (χ0) is 26.2. The Hall–Kier alpha value is -2.66. The Morgan fingerprint density at radius 1 is 1.05 bits per heavy atom. The zero-order valence-electron chi connectivity index (χ0n) is 20.7. The van der Waals surface area contributed by atoms with Crippen molar-refractivity contribution in [2.45, 2.75) is 88.3 Å². The number of ether oxygens (including phenoxy) is 1. The molecule has 8 nitrogen and oxygen atoms in total. The maximum absolute atomic E-state index is 13.3. The minimum Gasteiger partial charge on any atom is -0.378 e. The van der Waals surface area contributed by atoms with Crippen molar-refractivity contribution >= 4 is 23.4 Å². The fourth-order valence-corrected chi connectivity index (χ4v) is 6.01. The van der Waals surface area contributed by atoms with Gasteiger partial charge in [0.2, 0.25) is 11.8 Å². The van der Waals surface area contributed by atoms with Gasteiger partial charge in [-0.15, -0.1) is 0 Å². The molecule has 202 valence electrons. The highest BCUT2D eigenvalue weighted by atomic mass is 19.4. The summed E-state index contributed by atoms with van der Waals surface area (Å²) >= 11 is 0. The maximum atomic E-state index is 13.3. The van der Waals surface area contributed by atoms with Gasteiger partial charge in [0, 0.05) is 54.8 Å². The number of piperidine rings is 1. The van der Waals surface area contributed by atoms with Crippen LogP contribution in [0.15, 0.2) is 18.2 Å². The third kappa shape index (κ3) is 5.77. The van der Waals surface area contributed by atoms with Crippen LogP contribution in [0.3, 0.4) is 0 Å². The molecular formula is C26H33F3N4O4. The number of amides is 3. The summed E-state index contributed by atoms with van der Waals surface area (Å²) in [4.78, 5) is 40.9. The summed E-state index contributed by atoms with van der Waals surface area (Å²) in [6.07, 6.45) is -1.17. The van der Waals surface area contributed by atoms with Gasteiger partial charge in [-0.1, -0.05) is 6.07 Å². The van der Waals surface area contributed by atoms with E-state index in [0.29, 0.717) is 17.6 Å². The lowest BCUT2D eigenvalue weighted by Gasteiger charge is -2.41. The molecule has 1 unspecified atom stereocenters. The van der Waals surface area contributed by atoms with Gasteiger partial charge in [0.05, 0.1) is 19.3 Å². The average molecular weight is 523 g/mol. The van der Waals surface area contributed by atoms with Crippen LogP contribution < -0.4 is 15.5 Å². The van der Waals surface area contributed by atoms with E-state index in [0.717, 1.165) is 50.1 Å². The first-order valence-corrected chi connectivity index (χ1v) is 13.1. The van der Waals surface area contributed by atoms with Crippen LogP contribution in [0.4, 0.5) is 18.9 Å². The van der Waals surface area contributed by atoms with E-state index in [1.165, 1.54) is 4.90 Å². The summed E-state index contributed by atoms with van der Waals surface area (Å²) in [6.45, 7) is 1.88. The Morgan fingerprint density at radius 3 is 2.46 bits per heavy atom. The summed E-state index contributed by atoms with van der Waals surface area (Å²) in [5.41, 5.74) is 1.99. The molecule has 37 heavy (non-hydrogen) atoms. The second-order valence-electron chi connectivity index (χ2n) is 10.5. The van der Waals surface area contributed by atoms with Crippen molar-refractivity contribution in [1.82, 2.24) is 15.5 Å². The number of benzene rings is 1. The number of nitrogens with zero attached hydrogens (tertiary/aromatic N) is 2. The second kappa shape index (κ2) is 10.6. The van der Waals surface area contributed by atoms with Crippen LogP contribution in [-0.2, 0) is 20.9 Å². The van der Waals surface area contributed by atoms with E-state index in [2.05, 4.69) is 15.5 Å². The molecule has 3 amide bonds. The number of carbonyl (C=O) groups excluding carboxylic acids is 3. The summed E-state index contributed by atoms with van der Waals surface area (Å²) in [5, 5.41) is 5.92. The van der Waals surface area contributed by atoms with Crippen molar-refractivity contribution in [2.75, 3.05) is 24.7 Å².